The summed E-state index contributed by atoms with van der Waals surface area (Å²) in [6.07, 6.45) is 2.71. The number of hydrogen-bond donors (Lipinski definition) is 2. The fourth-order valence-corrected chi connectivity index (χ4v) is 3.33. The van der Waals surface area contributed by atoms with Crippen molar-refractivity contribution in [2.75, 3.05) is 29.9 Å². The quantitative estimate of drug-likeness (QED) is 0.536. The van der Waals surface area contributed by atoms with Crippen LogP contribution in [0.1, 0.15) is 25.8 Å². The number of hydrogen-bond acceptors (Lipinski definition) is 4. The Kier molecular flexibility index (Phi) is 6.89. The smallest absolute Gasteiger partial charge is 0.306 e. The Balaban J connectivity index is 1.43. The van der Waals surface area contributed by atoms with E-state index in [1.54, 1.807) is 0 Å². The highest BCUT2D eigenvalue weighted by molar-refractivity contribution is 5.93. The van der Waals surface area contributed by atoms with Crippen LogP contribution in [0.5, 0.6) is 0 Å². The Bertz CT molecular complexity index is 959. The van der Waals surface area contributed by atoms with Crippen LogP contribution in [0.25, 0.3) is 10.9 Å². The van der Waals surface area contributed by atoms with Crippen LogP contribution in [0.3, 0.4) is 0 Å². The second-order valence-electron chi connectivity index (χ2n) is 6.79. The van der Waals surface area contributed by atoms with E-state index < -0.39 is 0 Å². The number of rotatable bonds is 9. The number of aryl methyl sites for hydroxylation is 1. The number of aromatic amines is 1. The maximum atomic E-state index is 12.1. The Morgan fingerprint density at radius 1 is 1.03 bits per heavy atom. The van der Waals surface area contributed by atoms with Crippen LogP contribution in [-0.2, 0) is 20.7 Å². The van der Waals surface area contributed by atoms with E-state index in [2.05, 4.69) is 29.0 Å². The summed E-state index contributed by atoms with van der Waals surface area (Å²) in [4.78, 5) is 29.5. The first-order valence-corrected chi connectivity index (χ1v) is 9.96. The maximum absolute atomic E-state index is 12.1. The second-order valence-corrected chi connectivity index (χ2v) is 6.79. The predicted octanol–water partition coefficient (Wildman–Crippen LogP) is 4.13. The predicted molar refractivity (Wildman–Crippen MR) is 116 cm³/mol. The summed E-state index contributed by atoms with van der Waals surface area (Å²) >= 11 is 0. The molecule has 6 nitrogen and oxygen atoms in total. The lowest BCUT2D eigenvalue weighted by Crippen LogP contribution is -2.22. The van der Waals surface area contributed by atoms with Crippen LogP contribution in [0.15, 0.2) is 54.7 Å². The van der Waals surface area contributed by atoms with Crippen molar-refractivity contribution in [2.24, 2.45) is 0 Å². The zero-order chi connectivity index (χ0) is 20.6. The van der Waals surface area contributed by atoms with Gasteiger partial charge in [-0.05, 0) is 56.2 Å². The molecule has 0 aliphatic rings. The first-order valence-electron chi connectivity index (χ1n) is 9.96. The zero-order valence-electron chi connectivity index (χ0n) is 16.9. The summed E-state index contributed by atoms with van der Waals surface area (Å²) in [5.74, 6) is -0.733. The second kappa shape index (κ2) is 9.78. The van der Waals surface area contributed by atoms with Gasteiger partial charge in [-0.3, -0.25) is 9.59 Å². The van der Waals surface area contributed by atoms with Crippen LogP contribution in [0.4, 0.5) is 11.4 Å². The van der Waals surface area contributed by atoms with Gasteiger partial charge in [0.15, 0.2) is 6.61 Å². The Morgan fingerprint density at radius 2 is 1.76 bits per heavy atom. The van der Waals surface area contributed by atoms with E-state index in [0.29, 0.717) is 12.1 Å². The number of H-pyrrole nitrogens is 1. The summed E-state index contributed by atoms with van der Waals surface area (Å²) < 4.78 is 5.11. The Morgan fingerprint density at radius 3 is 2.48 bits per heavy atom. The number of fused-ring (bicyclic) bond motifs is 1. The van der Waals surface area contributed by atoms with Gasteiger partial charge in [-0.15, -0.1) is 0 Å². The van der Waals surface area contributed by atoms with Gasteiger partial charge in [-0.1, -0.05) is 18.2 Å². The lowest BCUT2D eigenvalue weighted by molar-refractivity contribution is -0.147. The molecule has 1 amide bonds. The highest BCUT2D eigenvalue weighted by atomic mass is 16.5. The third kappa shape index (κ3) is 5.38. The molecule has 6 heteroatoms. The van der Waals surface area contributed by atoms with Gasteiger partial charge in [-0.2, -0.15) is 0 Å². The summed E-state index contributed by atoms with van der Waals surface area (Å²) in [6.45, 7) is 5.77. The van der Waals surface area contributed by atoms with Crippen molar-refractivity contribution in [3.63, 3.8) is 0 Å². The van der Waals surface area contributed by atoms with Gasteiger partial charge in [0.05, 0.1) is 0 Å². The first kappa shape index (κ1) is 20.5. The van der Waals surface area contributed by atoms with Gasteiger partial charge in [0.2, 0.25) is 0 Å². The molecule has 0 saturated heterocycles. The van der Waals surface area contributed by atoms with Gasteiger partial charge in [-0.25, -0.2) is 0 Å². The number of esters is 1. The summed E-state index contributed by atoms with van der Waals surface area (Å²) in [5, 5.41) is 3.86. The minimum absolute atomic E-state index is 0.230. The van der Waals surface area contributed by atoms with E-state index in [-0.39, 0.29) is 24.9 Å². The van der Waals surface area contributed by atoms with E-state index in [9.17, 15) is 9.59 Å². The number of amides is 1. The standard InChI is InChI=1S/C23H27N3O3/c1-3-26(4-2)19-12-10-18(11-13-19)25-22(27)16-29-23(28)14-9-17-15-24-21-8-6-5-7-20(17)21/h5-8,10-13,15,24H,3-4,9,14,16H2,1-2H3,(H,25,27). The third-order valence-corrected chi connectivity index (χ3v) is 4.92. The molecule has 2 N–H and O–H groups in total. The molecule has 3 aromatic rings. The van der Waals surface area contributed by atoms with Crippen molar-refractivity contribution >= 4 is 34.2 Å². The van der Waals surface area contributed by atoms with Crippen molar-refractivity contribution in [3.8, 4) is 0 Å². The minimum atomic E-state index is -0.387. The van der Waals surface area contributed by atoms with Crippen molar-refractivity contribution in [2.45, 2.75) is 26.7 Å². The zero-order valence-corrected chi connectivity index (χ0v) is 16.9. The molecule has 0 spiro atoms. The van der Waals surface area contributed by atoms with Crippen LogP contribution in [-0.4, -0.2) is 36.6 Å². The molecule has 3 rings (SSSR count). The van der Waals surface area contributed by atoms with Crippen LogP contribution < -0.4 is 10.2 Å². The SMILES string of the molecule is CCN(CC)c1ccc(NC(=O)COC(=O)CCc2c[nH]c3ccccc23)cc1. The summed E-state index contributed by atoms with van der Waals surface area (Å²) in [7, 11) is 0. The number of nitrogens with one attached hydrogen (secondary N) is 2. The van der Waals surface area contributed by atoms with Gasteiger partial charge >= 0.3 is 5.97 Å². The van der Waals surface area contributed by atoms with Crippen LogP contribution in [0, 0.1) is 0 Å². The number of benzene rings is 2. The molecular weight excluding hydrogens is 366 g/mol. The lowest BCUT2D eigenvalue weighted by atomic mass is 10.1. The molecule has 0 unspecified atom stereocenters. The van der Waals surface area contributed by atoms with Gasteiger partial charge in [0, 0.05) is 48.0 Å². The highest BCUT2D eigenvalue weighted by Crippen LogP contribution is 2.19. The molecule has 0 saturated carbocycles. The minimum Gasteiger partial charge on any atom is -0.456 e. The average molecular weight is 393 g/mol. The van der Waals surface area contributed by atoms with Gasteiger partial charge in [0.25, 0.3) is 5.91 Å². The molecule has 29 heavy (non-hydrogen) atoms. The molecule has 0 bridgehead atoms. The molecular formula is C23H27N3O3. The van der Waals surface area contributed by atoms with E-state index in [0.717, 1.165) is 35.2 Å². The van der Waals surface area contributed by atoms with E-state index >= 15 is 0 Å². The highest BCUT2D eigenvalue weighted by Gasteiger charge is 2.10. The van der Waals surface area contributed by atoms with Crippen molar-refractivity contribution in [3.05, 3.63) is 60.3 Å². The fraction of sp³-hybridized carbons (Fsp3) is 0.304. The lowest BCUT2D eigenvalue weighted by Gasteiger charge is -2.21. The van der Waals surface area contributed by atoms with Crippen LogP contribution >= 0.6 is 0 Å². The third-order valence-electron chi connectivity index (χ3n) is 4.92. The van der Waals surface area contributed by atoms with Gasteiger partial charge in [0.1, 0.15) is 0 Å². The number of para-hydroxylation sites is 1. The molecule has 0 atom stereocenters. The van der Waals surface area contributed by atoms with Crippen LogP contribution in [0.2, 0.25) is 0 Å². The number of ether oxygens (including phenoxy) is 1. The average Bonchev–Trinajstić information content (AvgIpc) is 3.16. The summed E-state index contributed by atoms with van der Waals surface area (Å²) in [6, 6.07) is 15.6. The van der Waals surface area contributed by atoms with E-state index in [4.69, 9.17) is 4.74 Å². The number of carbonyl (C=O) groups is 2. The topological polar surface area (TPSA) is 74.4 Å². The molecule has 2 aromatic carbocycles. The maximum Gasteiger partial charge on any atom is 0.306 e. The Labute approximate surface area is 170 Å². The Hall–Kier alpha value is -3.28. The van der Waals surface area contributed by atoms with Crippen molar-refractivity contribution in [1.29, 1.82) is 0 Å². The fourth-order valence-electron chi connectivity index (χ4n) is 3.33. The molecule has 1 heterocycles. The number of carbonyl (C=O) groups excluding carboxylic acids is 2. The van der Waals surface area contributed by atoms with Gasteiger partial charge < -0.3 is 19.9 Å². The largest absolute Gasteiger partial charge is 0.456 e. The van der Waals surface area contributed by atoms with E-state index in [1.165, 1.54) is 0 Å². The molecule has 1 aromatic heterocycles. The molecule has 152 valence electrons. The van der Waals surface area contributed by atoms with Crippen molar-refractivity contribution < 1.29 is 14.3 Å². The number of anilines is 2. The molecule has 0 radical (unpaired) electrons. The normalized spacial score (nSPS) is 10.7. The molecule has 0 aliphatic carbocycles. The molecule has 0 aliphatic heterocycles. The number of nitrogens with zero attached hydrogens (tertiary/aromatic N) is 1. The van der Waals surface area contributed by atoms with Crippen molar-refractivity contribution in [1.82, 2.24) is 4.98 Å². The monoisotopic (exact) mass is 393 g/mol. The van der Waals surface area contributed by atoms with E-state index in [1.807, 2.05) is 54.7 Å². The summed E-state index contributed by atoms with van der Waals surface area (Å²) in [5.41, 5.74) is 3.90. The first-order chi connectivity index (χ1) is 14.1. The molecule has 0 fully saturated rings. The number of aromatic nitrogens is 1.